The molecule has 1 aromatic rings. The van der Waals surface area contributed by atoms with Crippen molar-refractivity contribution in [3.8, 4) is 0 Å². The minimum atomic E-state index is -0.255. The van der Waals surface area contributed by atoms with Crippen LogP contribution in [0.25, 0.3) is 0 Å². The third kappa shape index (κ3) is 2.87. The highest BCUT2D eigenvalue weighted by Gasteiger charge is 2.24. The van der Waals surface area contributed by atoms with Gasteiger partial charge < -0.3 is 11.1 Å². The third-order valence-corrected chi connectivity index (χ3v) is 3.16. The summed E-state index contributed by atoms with van der Waals surface area (Å²) in [5.74, 6) is 0.600. The van der Waals surface area contributed by atoms with Crippen LogP contribution in [0.1, 0.15) is 32.6 Å². The Morgan fingerprint density at radius 2 is 2.25 bits per heavy atom. The summed E-state index contributed by atoms with van der Waals surface area (Å²) in [4.78, 5) is 0. The average molecular weight is 222 g/mol. The van der Waals surface area contributed by atoms with Crippen LogP contribution in [0.5, 0.6) is 0 Å². The molecule has 0 bridgehead atoms. The van der Waals surface area contributed by atoms with E-state index < -0.39 is 0 Å². The molecule has 3 N–H and O–H groups in total. The van der Waals surface area contributed by atoms with Crippen molar-refractivity contribution in [2.75, 3.05) is 11.1 Å². The van der Waals surface area contributed by atoms with E-state index in [-0.39, 0.29) is 5.82 Å². The van der Waals surface area contributed by atoms with E-state index >= 15 is 0 Å². The molecule has 0 aromatic heterocycles. The first-order valence-corrected chi connectivity index (χ1v) is 6.00. The van der Waals surface area contributed by atoms with E-state index in [2.05, 4.69) is 12.2 Å². The van der Waals surface area contributed by atoms with Crippen LogP contribution in [-0.4, -0.2) is 6.04 Å². The second-order valence-electron chi connectivity index (χ2n) is 4.67. The maximum Gasteiger partial charge on any atom is 0.148 e. The Kier molecular flexibility index (Phi) is 3.32. The van der Waals surface area contributed by atoms with Crippen LogP contribution in [-0.2, 0) is 0 Å². The lowest BCUT2D eigenvalue weighted by Gasteiger charge is -2.18. The zero-order chi connectivity index (χ0) is 11.5. The minimum Gasteiger partial charge on any atom is -0.399 e. The third-order valence-electron chi connectivity index (χ3n) is 3.16. The number of benzene rings is 1. The van der Waals surface area contributed by atoms with Crippen LogP contribution < -0.4 is 11.1 Å². The Labute approximate surface area is 96.0 Å². The maximum atomic E-state index is 13.6. The summed E-state index contributed by atoms with van der Waals surface area (Å²) < 4.78 is 13.6. The lowest BCUT2D eigenvalue weighted by atomic mass is 10.1. The van der Waals surface area contributed by atoms with Crippen LogP contribution in [0.3, 0.4) is 0 Å². The molecule has 2 nitrogen and oxygen atoms in total. The molecule has 2 rings (SSSR count). The predicted octanol–water partition coefficient (Wildman–Crippen LogP) is 3.40. The molecule has 1 unspecified atom stereocenters. The highest BCUT2D eigenvalue weighted by molar-refractivity contribution is 5.53. The standard InChI is InChI=1S/C13H19FN2/c1-2-11(7-9-3-4-9)16-13-6-5-10(15)8-12(13)14/h5-6,8-9,11,16H,2-4,7,15H2,1H3. The van der Waals surface area contributed by atoms with Crippen LogP contribution in [0.4, 0.5) is 15.8 Å². The molecule has 1 fully saturated rings. The zero-order valence-corrected chi connectivity index (χ0v) is 9.67. The first-order chi connectivity index (χ1) is 7.69. The second-order valence-corrected chi connectivity index (χ2v) is 4.67. The number of anilines is 2. The molecule has 0 amide bonds. The molecule has 1 aliphatic carbocycles. The molecule has 0 aliphatic heterocycles. The monoisotopic (exact) mass is 222 g/mol. The van der Waals surface area contributed by atoms with Crippen LogP contribution in [0.15, 0.2) is 18.2 Å². The van der Waals surface area contributed by atoms with Gasteiger partial charge in [0.15, 0.2) is 0 Å². The van der Waals surface area contributed by atoms with Crippen molar-refractivity contribution in [2.24, 2.45) is 5.92 Å². The smallest absolute Gasteiger partial charge is 0.148 e. The van der Waals surface area contributed by atoms with E-state index in [9.17, 15) is 4.39 Å². The number of nitrogen functional groups attached to an aromatic ring is 1. The van der Waals surface area contributed by atoms with Crippen LogP contribution in [0, 0.1) is 11.7 Å². The highest BCUT2D eigenvalue weighted by Crippen LogP contribution is 2.35. The van der Waals surface area contributed by atoms with Crippen molar-refractivity contribution in [1.29, 1.82) is 0 Å². The summed E-state index contributed by atoms with van der Waals surface area (Å²) in [6, 6.07) is 5.20. The SMILES string of the molecule is CCC(CC1CC1)Nc1ccc(N)cc1F. The summed E-state index contributed by atoms with van der Waals surface area (Å²) >= 11 is 0. The number of nitrogens with two attached hydrogens (primary N) is 1. The fourth-order valence-electron chi connectivity index (χ4n) is 1.95. The molecule has 3 heteroatoms. The van der Waals surface area contributed by atoms with E-state index in [4.69, 9.17) is 5.73 Å². The Bertz CT molecular complexity index is 361. The van der Waals surface area contributed by atoms with Gasteiger partial charge in [-0.2, -0.15) is 0 Å². The molecule has 0 radical (unpaired) electrons. The molecule has 1 saturated carbocycles. The van der Waals surface area contributed by atoms with E-state index in [1.54, 1.807) is 12.1 Å². The molecule has 1 aromatic carbocycles. The number of hydrogen-bond acceptors (Lipinski definition) is 2. The summed E-state index contributed by atoms with van der Waals surface area (Å²) in [5.41, 5.74) is 6.56. The summed E-state index contributed by atoms with van der Waals surface area (Å²) in [7, 11) is 0. The fraction of sp³-hybridized carbons (Fsp3) is 0.538. The largest absolute Gasteiger partial charge is 0.399 e. The molecule has 16 heavy (non-hydrogen) atoms. The number of nitrogens with one attached hydrogen (secondary N) is 1. The van der Waals surface area contributed by atoms with Gasteiger partial charge in [0.2, 0.25) is 0 Å². The Hall–Kier alpha value is -1.25. The number of rotatable bonds is 5. The van der Waals surface area contributed by atoms with E-state index in [0.29, 0.717) is 17.4 Å². The number of halogens is 1. The highest BCUT2D eigenvalue weighted by atomic mass is 19.1. The first kappa shape index (κ1) is 11.2. The lowest BCUT2D eigenvalue weighted by molar-refractivity contribution is 0.575. The van der Waals surface area contributed by atoms with Gasteiger partial charge in [-0.05, 0) is 37.0 Å². The van der Waals surface area contributed by atoms with Crippen molar-refractivity contribution in [3.05, 3.63) is 24.0 Å². The molecule has 88 valence electrons. The second kappa shape index (κ2) is 4.73. The Morgan fingerprint density at radius 1 is 1.50 bits per heavy atom. The normalized spacial score (nSPS) is 17.1. The van der Waals surface area contributed by atoms with Gasteiger partial charge >= 0.3 is 0 Å². The Balaban J connectivity index is 1.99. The molecule has 0 heterocycles. The maximum absolute atomic E-state index is 13.6. The van der Waals surface area contributed by atoms with E-state index in [1.807, 2.05) is 0 Å². The van der Waals surface area contributed by atoms with Crippen molar-refractivity contribution in [1.82, 2.24) is 0 Å². The summed E-state index contributed by atoms with van der Waals surface area (Å²) in [5, 5.41) is 3.26. The van der Waals surface area contributed by atoms with Crippen molar-refractivity contribution in [3.63, 3.8) is 0 Å². The molecular formula is C13H19FN2. The average Bonchev–Trinajstić information content (AvgIpc) is 3.04. The van der Waals surface area contributed by atoms with Gasteiger partial charge in [-0.15, -0.1) is 0 Å². The quantitative estimate of drug-likeness (QED) is 0.749. The predicted molar refractivity (Wildman–Crippen MR) is 65.9 cm³/mol. The Morgan fingerprint density at radius 3 is 2.81 bits per heavy atom. The van der Waals surface area contributed by atoms with Crippen molar-refractivity contribution >= 4 is 11.4 Å². The van der Waals surface area contributed by atoms with Gasteiger partial charge in [0.1, 0.15) is 5.82 Å². The van der Waals surface area contributed by atoms with Gasteiger partial charge in [-0.25, -0.2) is 4.39 Å². The summed E-state index contributed by atoms with van der Waals surface area (Å²) in [6.07, 6.45) is 4.85. The topological polar surface area (TPSA) is 38.0 Å². The van der Waals surface area contributed by atoms with Gasteiger partial charge in [0, 0.05) is 11.7 Å². The van der Waals surface area contributed by atoms with Gasteiger partial charge in [-0.1, -0.05) is 19.8 Å². The minimum absolute atomic E-state index is 0.255. The zero-order valence-electron chi connectivity index (χ0n) is 9.67. The molecule has 0 saturated heterocycles. The molecular weight excluding hydrogens is 203 g/mol. The van der Waals surface area contributed by atoms with Gasteiger partial charge in [-0.3, -0.25) is 0 Å². The molecule has 1 atom stereocenters. The van der Waals surface area contributed by atoms with Crippen molar-refractivity contribution in [2.45, 2.75) is 38.6 Å². The van der Waals surface area contributed by atoms with Gasteiger partial charge in [0.25, 0.3) is 0 Å². The fourth-order valence-corrected chi connectivity index (χ4v) is 1.95. The van der Waals surface area contributed by atoms with Crippen molar-refractivity contribution < 1.29 is 4.39 Å². The van der Waals surface area contributed by atoms with Gasteiger partial charge in [0.05, 0.1) is 5.69 Å². The van der Waals surface area contributed by atoms with Crippen LogP contribution >= 0.6 is 0 Å². The first-order valence-electron chi connectivity index (χ1n) is 6.00. The lowest BCUT2D eigenvalue weighted by Crippen LogP contribution is -2.19. The summed E-state index contributed by atoms with van der Waals surface area (Å²) in [6.45, 7) is 2.13. The van der Waals surface area contributed by atoms with E-state index in [1.165, 1.54) is 18.9 Å². The van der Waals surface area contributed by atoms with Crippen LogP contribution in [0.2, 0.25) is 0 Å². The van der Waals surface area contributed by atoms with E-state index in [0.717, 1.165) is 18.8 Å². The molecule has 0 spiro atoms. The molecule has 1 aliphatic rings. The number of hydrogen-bond donors (Lipinski definition) is 2.